The molecular weight excluding hydrogens is 397 g/mol. The van der Waals surface area contributed by atoms with Gasteiger partial charge in [0.05, 0.1) is 17.4 Å². The first-order valence-corrected chi connectivity index (χ1v) is 9.48. The molecule has 0 atom stereocenters. The number of rotatable bonds is 5. The number of carbonyl (C=O) groups excluding carboxylic acids is 2. The summed E-state index contributed by atoms with van der Waals surface area (Å²) in [5, 5.41) is 13.4. The molecule has 0 saturated heterocycles. The number of pyridine rings is 1. The number of ketones is 1. The monoisotopic (exact) mass is 415 g/mol. The Hall–Kier alpha value is -4.26. The van der Waals surface area contributed by atoms with Gasteiger partial charge in [0, 0.05) is 22.9 Å². The zero-order valence-corrected chi connectivity index (χ0v) is 16.5. The van der Waals surface area contributed by atoms with E-state index >= 15 is 0 Å². The predicted octanol–water partition coefficient (Wildman–Crippen LogP) is 4.09. The van der Waals surface area contributed by atoms with E-state index in [1.807, 2.05) is 12.1 Å². The maximum absolute atomic E-state index is 13.3. The first kappa shape index (κ1) is 20.0. The number of carbonyl (C=O) groups is 2. The molecule has 4 rings (SSSR count). The number of aromatic hydroxyl groups is 1. The van der Waals surface area contributed by atoms with Crippen LogP contribution in [0, 0.1) is 12.7 Å². The van der Waals surface area contributed by atoms with Gasteiger partial charge in [-0.15, -0.1) is 0 Å². The Morgan fingerprint density at radius 2 is 1.68 bits per heavy atom. The van der Waals surface area contributed by atoms with Gasteiger partial charge in [0.2, 0.25) is 5.78 Å². The molecule has 6 nitrogen and oxygen atoms in total. The zero-order chi connectivity index (χ0) is 22.0. The van der Waals surface area contributed by atoms with Crippen LogP contribution < -0.4 is 5.43 Å². The molecule has 0 bridgehead atoms. The maximum atomic E-state index is 13.3. The second-order valence-electron chi connectivity index (χ2n) is 6.93. The first-order chi connectivity index (χ1) is 15.0. The van der Waals surface area contributed by atoms with E-state index in [2.05, 4.69) is 10.5 Å². The van der Waals surface area contributed by atoms with Gasteiger partial charge in [0.1, 0.15) is 11.6 Å². The van der Waals surface area contributed by atoms with Crippen LogP contribution in [-0.2, 0) is 0 Å². The summed E-state index contributed by atoms with van der Waals surface area (Å²) in [6.07, 6.45) is 3.26. The smallest absolute Gasteiger partial charge is 0.271 e. The highest BCUT2D eigenvalue weighted by atomic mass is 19.1. The highest BCUT2D eigenvalue weighted by Crippen LogP contribution is 2.24. The third kappa shape index (κ3) is 3.93. The Morgan fingerprint density at radius 1 is 1.00 bits per heavy atom. The van der Waals surface area contributed by atoms with E-state index in [-0.39, 0.29) is 11.5 Å². The minimum absolute atomic E-state index is 0.0642. The number of hydrogen-bond acceptors (Lipinski definition) is 4. The van der Waals surface area contributed by atoms with E-state index in [9.17, 15) is 19.1 Å². The van der Waals surface area contributed by atoms with Crippen LogP contribution in [0.15, 0.2) is 78.0 Å². The molecule has 1 amide bonds. The zero-order valence-electron chi connectivity index (χ0n) is 16.5. The molecule has 0 aliphatic carbocycles. The van der Waals surface area contributed by atoms with Crippen molar-refractivity contribution in [2.45, 2.75) is 6.92 Å². The van der Waals surface area contributed by atoms with E-state index in [4.69, 9.17) is 0 Å². The summed E-state index contributed by atoms with van der Waals surface area (Å²) in [5.41, 5.74) is 5.71. The molecule has 7 heteroatoms. The van der Waals surface area contributed by atoms with E-state index in [1.54, 1.807) is 23.6 Å². The number of halogens is 1. The summed E-state index contributed by atoms with van der Waals surface area (Å²) in [4.78, 5) is 25.3. The standard InChI is InChI=1S/C24H18FN3O3/c1-15-20(14-26-27-24(31)17-7-11-19(29)12-8-17)21-4-2-3-13-28(21)22(15)23(30)16-5-9-18(25)10-6-16/h2-14,29H,1H3,(H,27,31). The number of phenolic OH excluding ortho intramolecular Hbond substituents is 1. The van der Waals surface area contributed by atoms with Crippen molar-refractivity contribution in [2.75, 3.05) is 0 Å². The average molecular weight is 415 g/mol. The molecule has 2 heterocycles. The molecule has 0 aliphatic heterocycles. The number of benzene rings is 2. The van der Waals surface area contributed by atoms with Crippen LogP contribution in [0.5, 0.6) is 5.75 Å². The summed E-state index contributed by atoms with van der Waals surface area (Å²) in [6.45, 7) is 1.80. The fourth-order valence-electron chi connectivity index (χ4n) is 3.37. The van der Waals surface area contributed by atoms with Gasteiger partial charge in [0.25, 0.3) is 5.91 Å². The third-order valence-electron chi connectivity index (χ3n) is 4.95. The lowest BCUT2D eigenvalue weighted by atomic mass is 10.0. The normalized spacial score (nSPS) is 11.2. The van der Waals surface area contributed by atoms with Gasteiger partial charge in [-0.05, 0) is 73.2 Å². The van der Waals surface area contributed by atoms with E-state index < -0.39 is 11.7 Å². The summed E-state index contributed by atoms with van der Waals surface area (Å²) in [5.74, 6) is -1.02. The van der Waals surface area contributed by atoms with Crippen molar-refractivity contribution in [3.63, 3.8) is 0 Å². The lowest BCUT2D eigenvalue weighted by Crippen LogP contribution is -2.17. The number of hydrazone groups is 1. The molecule has 0 aliphatic rings. The van der Waals surface area contributed by atoms with E-state index in [0.717, 1.165) is 5.52 Å². The minimum Gasteiger partial charge on any atom is -0.508 e. The molecule has 0 saturated carbocycles. The predicted molar refractivity (Wildman–Crippen MR) is 115 cm³/mol. The van der Waals surface area contributed by atoms with E-state index in [1.165, 1.54) is 54.7 Å². The largest absolute Gasteiger partial charge is 0.508 e. The van der Waals surface area contributed by atoms with Crippen LogP contribution in [-0.4, -0.2) is 27.4 Å². The fraction of sp³-hybridized carbons (Fsp3) is 0.0417. The molecule has 0 radical (unpaired) electrons. The molecule has 154 valence electrons. The summed E-state index contributed by atoms with van der Waals surface area (Å²) in [7, 11) is 0. The van der Waals surface area contributed by atoms with Crippen molar-refractivity contribution in [1.82, 2.24) is 9.83 Å². The van der Waals surface area contributed by atoms with Gasteiger partial charge in [-0.2, -0.15) is 5.10 Å². The van der Waals surface area contributed by atoms with Crippen LogP contribution in [0.1, 0.15) is 37.5 Å². The van der Waals surface area contributed by atoms with Gasteiger partial charge in [0.15, 0.2) is 0 Å². The molecule has 4 aromatic rings. The number of hydrogen-bond donors (Lipinski definition) is 2. The molecule has 2 aromatic carbocycles. The van der Waals surface area contributed by atoms with Gasteiger partial charge < -0.3 is 9.51 Å². The van der Waals surface area contributed by atoms with Crippen molar-refractivity contribution in [1.29, 1.82) is 0 Å². The fourth-order valence-corrected chi connectivity index (χ4v) is 3.37. The molecule has 0 unspecified atom stereocenters. The van der Waals surface area contributed by atoms with Crippen LogP contribution in [0.3, 0.4) is 0 Å². The molecule has 0 fully saturated rings. The van der Waals surface area contributed by atoms with Crippen molar-refractivity contribution >= 4 is 23.4 Å². The Labute approximate surface area is 177 Å². The topological polar surface area (TPSA) is 83.2 Å². The maximum Gasteiger partial charge on any atom is 0.271 e. The Kier molecular flexibility index (Phi) is 5.32. The highest BCUT2D eigenvalue weighted by molar-refractivity contribution is 6.12. The van der Waals surface area contributed by atoms with Crippen LogP contribution >= 0.6 is 0 Å². The second kappa shape index (κ2) is 8.23. The highest BCUT2D eigenvalue weighted by Gasteiger charge is 2.21. The SMILES string of the molecule is Cc1c(C=NNC(=O)c2ccc(O)cc2)c2ccccn2c1C(=O)c1ccc(F)cc1. The summed E-state index contributed by atoms with van der Waals surface area (Å²) >= 11 is 0. The summed E-state index contributed by atoms with van der Waals surface area (Å²) in [6, 6.07) is 16.7. The Morgan fingerprint density at radius 3 is 2.39 bits per heavy atom. The number of phenols is 1. The Bertz CT molecular complexity index is 1310. The molecule has 0 spiro atoms. The van der Waals surface area contributed by atoms with Crippen LogP contribution in [0.2, 0.25) is 0 Å². The number of amides is 1. The van der Waals surface area contributed by atoms with Gasteiger partial charge in [-0.1, -0.05) is 6.07 Å². The van der Waals surface area contributed by atoms with Crippen LogP contribution in [0.4, 0.5) is 4.39 Å². The molecule has 31 heavy (non-hydrogen) atoms. The number of fused-ring (bicyclic) bond motifs is 1. The van der Waals surface area contributed by atoms with Crippen molar-refractivity contribution in [2.24, 2.45) is 5.10 Å². The first-order valence-electron chi connectivity index (χ1n) is 9.48. The number of nitrogens with zero attached hydrogens (tertiary/aromatic N) is 2. The summed E-state index contributed by atoms with van der Waals surface area (Å²) < 4.78 is 15.0. The van der Waals surface area contributed by atoms with Crippen LogP contribution in [0.25, 0.3) is 5.52 Å². The van der Waals surface area contributed by atoms with Crippen molar-refractivity contribution < 1.29 is 19.1 Å². The van der Waals surface area contributed by atoms with Gasteiger partial charge in [-0.3, -0.25) is 9.59 Å². The molecule has 2 aromatic heterocycles. The number of nitrogens with one attached hydrogen (secondary N) is 1. The average Bonchev–Trinajstić information content (AvgIpc) is 3.05. The quantitative estimate of drug-likeness (QED) is 0.293. The van der Waals surface area contributed by atoms with Gasteiger partial charge >= 0.3 is 0 Å². The lowest BCUT2D eigenvalue weighted by molar-refractivity contribution is 0.0954. The Balaban J connectivity index is 1.67. The minimum atomic E-state index is -0.431. The van der Waals surface area contributed by atoms with Crippen molar-refractivity contribution in [3.05, 3.63) is 107 Å². The van der Waals surface area contributed by atoms with Crippen molar-refractivity contribution in [3.8, 4) is 5.75 Å². The second-order valence-corrected chi connectivity index (χ2v) is 6.93. The lowest BCUT2D eigenvalue weighted by Gasteiger charge is -2.04. The van der Waals surface area contributed by atoms with E-state index in [0.29, 0.717) is 27.9 Å². The number of aromatic nitrogens is 1. The van der Waals surface area contributed by atoms with Gasteiger partial charge in [-0.25, -0.2) is 9.82 Å². The third-order valence-corrected chi connectivity index (χ3v) is 4.95. The molecule has 2 N–H and O–H groups in total. The molecular formula is C24H18FN3O3.